The first-order valence-corrected chi connectivity index (χ1v) is 9.13. The number of hydrogen-bond donors (Lipinski definition) is 2. The van der Waals surface area contributed by atoms with Crippen LogP contribution in [-0.2, 0) is 11.2 Å². The molecule has 0 aliphatic heterocycles. The van der Waals surface area contributed by atoms with Gasteiger partial charge in [-0.25, -0.2) is 4.98 Å². The van der Waals surface area contributed by atoms with Gasteiger partial charge >= 0.3 is 0 Å². The highest BCUT2D eigenvalue weighted by Gasteiger charge is 2.03. The second-order valence-corrected chi connectivity index (χ2v) is 6.78. The van der Waals surface area contributed by atoms with E-state index in [1.54, 1.807) is 25.5 Å². The molecule has 2 aromatic rings. The lowest BCUT2D eigenvalue weighted by Crippen LogP contribution is -2.32. The second-order valence-electron chi connectivity index (χ2n) is 5.46. The summed E-state index contributed by atoms with van der Waals surface area (Å²) in [5.41, 5.74) is 0.933. The van der Waals surface area contributed by atoms with E-state index in [0.717, 1.165) is 41.8 Å². The van der Waals surface area contributed by atoms with E-state index in [1.807, 2.05) is 30.5 Å². The van der Waals surface area contributed by atoms with Crippen LogP contribution in [-0.4, -0.2) is 44.9 Å². The lowest BCUT2D eigenvalue weighted by molar-refractivity contribution is 0.172. The Bertz CT molecular complexity index is 679. The Morgan fingerprint density at radius 2 is 2.15 bits per heavy atom. The van der Waals surface area contributed by atoms with Crippen LogP contribution in [0.1, 0.15) is 16.3 Å². The standard InChI is InChI=1S/C18H26N4O2S.HI/c1-14-13-21-17(25-14)8-9-20-18(19-2)22-15-6-4-7-16(12-15)24-11-5-10-23-3;/h4,6-7,12-13H,5,8-11H2,1-3H3,(H2,19,20,22);1H. The van der Waals surface area contributed by atoms with Gasteiger partial charge in [0.15, 0.2) is 5.96 Å². The van der Waals surface area contributed by atoms with Crippen molar-refractivity contribution >= 4 is 47.0 Å². The molecule has 2 rings (SSSR count). The normalized spacial score (nSPS) is 11.0. The number of thiazole rings is 1. The molecule has 6 nitrogen and oxygen atoms in total. The SMILES string of the molecule is CN=C(NCCc1ncc(C)s1)Nc1cccc(OCCCOC)c1.I. The molecule has 1 heterocycles. The third kappa shape index (κ3) is 8.33. The van der Waals surface area contributed by atoms with Gasteiger partial charge in [0, 0.05) is 63.0 Å². The zero-order valence-electron chi connectivity index (χ0n) is 15.4. The number of nitrogens with zero attached hydrogens (tertiary/aromatic N) is 2. The Kier molecular flexibility index (Phi) is 11.2. The molecule has 0 amide bonds. The maximum absolute atomic E-state index is 5.72. The Hall–Kier alpha value is -1.39. The molecule has 0 aliphatic carbocycles. The largest absolute Gasteiger partial charge is 0.493 e. The Morgan fingerprint density at radius 1 is 1.31 bits per heavy atom. The fourth-order valence-electron chi connectivity index (χ4n) is 2.18. The fraction of sp³-hybridized carbons (Fsp3) is 0.444. The highest BCUT2D eigenvalue weighted by Crippen LogP contribution is 2.17. The predicted molar refractivity (Wildman–Crippen MR) is 119 cm³/mol. The summed E-state index contributed by atoms with van der Waals surface area (Å²) in [4.78, 5) is 9.86. The van der Waals surface area contributed by atoms with Crippen LogP contribution in [0.4, 0.5) is 5.69 Å². The van der Waals surface area contributed by atoms with Crippen molar-refractivity contribution in [2.45, 2.75) is 19.8 Å². The number of guanidine groups is 1. The molecule has 1 aromatic carbocycles. The third-order valence-electron chi connectivity index (χ3n) is 3.38. The molecule has 2 N–H and O–H groups in total. The fourth-order valence-corrected chi connectivity index (χ4v) is 2.96. The number of ether oxygens (including phenoxy) is 2. The van der Waals surface area contributed by atoms with Gasteiger partial charge in [0.05, 0.1) is 11.6 Å². The van der Waals surface area contributed by atoms with E-state index in [1.165, 1.54) is 4.88 Å². The van der Waals surface area contributed by atoms with Crippen molar-refractivity contribution in [1.82, 2.24) is 10.3 Å². The number of benzene rings is 1. The number of aliphatic imine (C=N–C) groups is 1. The van der Waals surface area contributed by atoms with Crippen LogP contribution in [0.2, 0.25) is 0 Å². The first-order valence-electron chi connectivity index (χ1n) is 8.32. The van der Waals surface area contributed by atoms with Gasteiger partial charge in [-0.3, -0.25) is 4.99 Å². The van der Waals surface area contributed by atoms with Crippen molar-refractivity contribution in [3.63, 3.8) is 0 Å². The van der Waals surface area contributed by atoms with Crippen molar-refractivity contribution in [1.29, 1.82) is 0 Å². The number of methoxy groups -OCH3 is 1. The summed E-state index contributed by atoms with van der Waals surface area (Å²) in [5.74, 6) is 1.56. The molecular formula is C18H27IN4O2S. The highest BCUT2D eigenvalue weighted by atomic mass is 127. The Labute approximate surface area is 176 Å². The summed E-state index contributed by atoms with van der Waals surface area (Å²) in [5, 5.41) is 7.71. The van der Waals surface area contributed by atoms with Crippen LogP contribution in [0, 0.1) is 6.92 Å². The molecule has 0 saturated carbocycles. The van der Waals surface area contributed by atoms with Crippen molar-refractivity contribution in [2.75, 3.05) is 39.2 Å². The molecule has 0 unspecified atom stereocenters. The Morgan fingerprint density at radius 3 is 2.85 bits per heavy atom. The number of halogens is 1. The van der Waals surface area contributed by atoms with E-state index in [0.29, 0.717) is 13.2 Å². The first kappa shape index (κ1) is 22.7. The van der Waals surface area contributed by atoms with Crippen molar-refractivity contribution in [3.05, 3.63) is 40.3 Å². The summed E-state index contributed by atoms with van der Waals surface area (Å²) in [6.07, 6.45) is 3.65. The van der Waals surface area contributed by atoms with Crippen molar-refractivity contribution in [2.24, 2.45) is 4.99 Å². The minimum atomic E-state index is 0. The van der Waals surface area contributed by atoms with Crippen LogP contribution in [0.15, 0.2) is 35.5 Å². The van der Waals surface area contributed by atoms with Crippen molar-refractivity contribution < 1.29 is 9.47 Å². The number of anilines is 1. The zero-order valence-corrected chi connectivity index (χ0v) is 18.6. The number of hydrogen-bond acceptors (Lipinski definition) is 5. The molecular weight excluding hydrogens is 463 g/mol. The molecule has 0 fully saturated rings. The maximum atomic E-state index is 5.72. The minimum absolute atomic E-state index is 0. The van der Waals surface area contributed by atoms with Gasteiger partial charge in [-0.1, -0.05) is 6.07 Å². The van der Waals surface area contributed by atoms with E-state index in [2.05, 4.69) is 27.5 Å². The van der Waals surface area contributed by atoms with Crippen LogP contribution >= 0.6 is 35.3 Å². The molecule has 0 bridgehead atoms. The Balaban J connectivity index is 0.00000338. The topological polar surface area (TPSA) is 67.8 Å². The summed E-state index contributed by atoms with van der Waals surface area (Å²) < 4.78 is 10.7. The smallest absolute Gasteiger partial charge is 0.195 e. The molecule has 0 radical (unpaired) electrons. The summed E-state index contributed by atoms with van der Waals surface area (Å²) in [6, 6.07) is 7.85. The van der Waals surface area contributed by atoms with E-state index in [-0.39, 0.29) is 24.0 Å². The molecule has 0 spiro atoms. The van der Waals surface area contributed by atoms with E-state index in [4.69, 9.17) is 9.47 Å². The number of aryl methyl sites for hydroxylation is 1. The van der Waals surface area contributed by atoms with Gasteiger partial charge in [-0.05, 0) is 19.1 Å². The summed E-state index contributed by atoms with van der Waals surface area (Å²) >= 11 is 1.73. The molecule has 1 aromatic heterocycles. The van der Waals surface area contributed by atoms with Gasteiger partial charge < -0.3 is 20.1 Å². The molecule has 0 atom stereocenters. The maximum Gasteiger partial charge on any atom is 0.195 e. The predicted octanol–water partition coefficient (Wildman–Crippen LogP) is 3.71. The third-order valence-corrected chi connectivity index (χ3v) is 4.35. The highest BCUT2D eigenvalue weighted by molar-refractivity contribution is 14.0. The average molecular weight is 490 g/mol. The number of nitrogens with one attached hydrogen (secondary N) is 2. The van der Waals surface area contributed by atoms with Gasteiger partial charge in [0.2, 0.25) is 0 Å². The number of rotatable bonds is 9. The average Bonchev–Trinajstić information content (AvgIpc) is 3.03. The molecule has 0 aliphatic rings. The van der Waals surface area contributed by atoms with Gasteiger partial charge in [0.25, 0.3) is 0 Å². The number of aromatic nitrogens is 1. The van der Waals surface area contributed by atoms with Gasteiger partial charge in [-0.15, -0.1) is 35.3 Å². The van der Waals surface area contributed by atoms with Crippen LogP contribution in [0.25, 0.3) is 0 Å². The van der Waals surface area contributed by atoms with Crippen LogP contribution in [0.5, 0.6) is 5.75 Å². The summed E-state index contributed by atoms with van der Waals surface area (Å²) in [7, 11) is 3.45. The lowest BCUT2D eigenvalue weighted by Gasteiger charge is -2.13. The first-order chi connectivity index (χ1) is 12.2. The van der Waals surface area contributed by atoms with Crippen LogP contribution < -0.4 is 15.4 Å². The van der Waals surface area contributed by atoms with Gasteiger partial charge in [0.1, 0.15) is 5.75 Å². The quantitative estimate of drug-likeness (QED) is 0.243. The van der Waals surface area contributed by atoms with E-state index in [9.17, 15) is 0 Å². The molecule has 26 heavy (non-hydrogen) atoms. The molecule has 0 saturated heterocycles. The second kappa shape index (κ2) is 12.9. The minimum Gasteiger partial charge on any atom is -0.493 e. The van der Waals surface area contributed by atoms with Crippen LogP contribution in [0.3, 0.4) is 0 Å². The van der Waals surface area contributed by atoms with E-state index >= 15 is 0 Å². The van der Waals surface area contributed by atoms with Crippen molar-refractivity contribution in [3.8, 4) is 5.75 Å². The molecule has 144 valence electrons. The molecule has 8 heteroatoms. The monoisotopic (exact) mass is 490 g/mol. The van der Waals surface area contributed by atoms with E-state index < -0.39 is 0 Å². The van der Waals surface area contributed by atoms with Gasteiger partial charge in [-0.2, -0.15) is 0 Å². The lowest BCUT2D eigenvalue weighted by atomic mass is 10.3. The zero-order chi connectivity index (χ0) is 17.9. The summed E-state index contributed by atoms with van der Waals surface area (Å²) in [6.45, 7) is 4.18.